The van der Waals surface area contributed by atoms with E-state index in [4.69, 9.17) is 15.2 Å². The van der Waals surface area contributed by atoms with Gasteiger partial charge in [-0.15, -0.1) is 0 Å². The topological polar surface area (TPSA) is 44.5 Å². The summed E-state index contributed by atoms with van der Waals surface area (Å²) >= 11 is 3.47. The number of fused-ring (bicyclic) bond motifs is 1. The van der Waals surface area contributed by atoms with Crippen LogP contribution in [0.25, 0.3) is 0 Å². The van der Waals surface area contributed by atoms with Gasteiger partial charge in [0.2, 0.25) is 0 Å². The van der Waals surface area contributed by atoms with E-state index in [0.717, 1.165) is 22.4 Å². The summed E-state index contributed by atoms with van der Waals surface area (Å²) in [7, 11) is 3.36. The molecule has 3 nitrogen and oxygen atoms in total. The maximum atomic E-state index is 5.69. The van der Waals surface area contributed by atoms with Crippen LogP contribution < -0.4 is 15.2 Å². The zero-order chi connectivity index (χ0) is 11.0. The largest absolute Gasteiger partial charge is 0.496 e. The second-order valence-corrected chi connectivity index (χ2v) is 4.48. The smallest absolute Gasteiger partial charge is 0.136 e. The van der Waals surface area contributed by atoms with Gasteiger partial charge in [0.25, 0.3) is 0 Å². The highest BCUT2D eigenvalue weighted by molar-refractivity contribution is 9.10. The number of hydrogen-bond acceptors (Lipinski definition) is 3. The highest BCUT2D eigenvalue weighted by Crippen LogP contribution is 2.49. The fraction of sp³-hybridized carbons (Fsp3) is 0.455. The van der Waals surface area contributed by atoms with E-state index in [1.54, 1.807) is 14.2 Å². The molecule has 0 aliphatic heterocycles. The lowest BCUT2D eigenvalue weighted by Crippen LogP contribution is -2.26. The van der Waals surface area contributed by atoms with Crippen LogP contribution in [-0.2, 0) is 6.42 Å². The Morgan fingerprint density at radius 2 is 2.20 bits per heavy atom. The normalized spacial score (nSPS) is 18.0. The molecule has 0 radical (unpaired) electrons. The molecule has 1 atom stereocenters. The van der Waals surface area contributed by atoms with Crippen molar-refractivity contribution in [2.24, 2.45) is 5.73 Å². The molecule has 2 N–H and O–H groups in total. The Morgan fingerprint density at radius 1 is 1.47 bits per heavy atom. The minimum atomic E-state index is 0.414. The van der Waals surface area contributed by atoms with Crippen LogP contribution in [-0.4, -0.2) is 20.8 Å². The predicted octanol–water partition coefficient (Wildman–Crippen LogP) is 2.06. The van der Waals surface area contributed by atoms with Crippen molar-refractivity contribution < 1.29 is 9.47 Å². The number of rotatable bonds is 3. The summed E-state index contributed by atoms with van der Waals surface area (Å²) in [5.41, 5.74) is 8.12. The molecule has 4 heteroatoms. The highest BCUT2D eigenvalue weighted by atomic mass is 79.9. The van der Waals surface area contributed by atoms with E-state index in [1.807, 2.05) is 6.07 Å². The quantitative estimate of drug-likeness (QED) is 0.916. The van der Waals surface area contributed by atoms with Gasteiger partial charge >= 0.3 is 0 Å². The van der Waals surface area contributed by atoms with E-state index in [0.29, 0.717) is 12.5 Å². The number of halogens is 1. The summed E-state index contributed by atoms with van der Waals surface area (Å²) in [6.45, 7) is 0.661. The minimum Gasteiger partial charge on any atom is -0.496 e. The molecule has 15 heavy (non-hydrogen) atoms. The predicted molar refractivity (Wildman–Crippen MR) is 62.7 cm³/mol. The van der Waals surface area contributed by atoms with Crippen molar-refractivity contribution >= 4 is 15.9 Å². The number of methoxy groups -OCH3 is 2. The monoisotopic (exact) mass is 271 g/mol. The van der Waals surface area contributed by atoms with Crippen LogP contribution in [0.4, 0.5) is 0 Å². The van der Waals surface area contributed by atoms with Gasteiger partial charge in [0.1, 0.15) is 11.5 Å². The maximum absolute atomic E-state index is 5.69. The van der Waals surface area contributed by atoms with Gasteiger partial charge in [-0.3, -0.25) is 0 Å². The minimum absolute atomic E-state index is 0.414. The van der Waals surface area contributed by atoms with Crippen molar-refractivity contribution in [2.75, 3.05) is 20.8 Å². The molecular weight excluding hydrogens is 258 g/mol. The maximum Gasteiger partial charge on any atom is 0.136 e. The Bertz CT molecular complexity index is 393. The lowest BCUT2D eigenvalue weighted by Gasteiger charge is -2.33. The molecule has 82 valence electrons. The average molecular weight is 272 g/mol. The van der Waals surface area contributed by atoms with Crippen molar-refractivity contribution in [1.29, 1.82) is 0 Å². The molecule has 1 aliphatic rings. The molecule has 0 aromatic heterocycles. The first-order valence-corrected chi connectivity index (χ1v) is 5.65. The van der Waals surface area contributed by atoms with Gasteiger partial charge in [-0.05, 0) is 35.0 Å². The van der Waals surface area contributed by atoms with Gasteiger partial charge < -0.3 is 15.2 Å². The zero-order valence-electron chi connectivity index (χ0n) is 8.84. The first-order valence-electron chi connectivity index (χ1n) is 4.86. The molecule has 2 rings (SSSR count). The van der Waals surface area contributed by atoms with Crippen LogP contribution in [0.5, 0.6) is 11.5 Å². The summed E-state index contributed by atoms with van der Waals surface area (Å²) in [5, 5.41) is 0. The second-order valence-electron chi connectivity index (χ2n) is 3.62. The molecule has 0 amide bonds. The third-order valence-electron chi connectivity index (χ3n) is 2.91. The van der Waals surface area contributed by atoms with Crippen molar-refractivity contribution in [1.82, 2.24) is 0 Å². The van der Waals surface area contributed by atoms with E-state index in [2.05, 4.69) is 15.9 Å². The molecule has 0 fully saturated rings. The van der Waals surface area contributed by atoms with E-state index in [1.165, 1.54) is 11.1 Å². The number of benzene rings is 1. The average Bonchev–Trinajstić information content (AvgIpc) is 2.20. The lowest BCUT2D eigenvalue weighted by molar-refractivity contribution is 0.374. The van der Waals surface area contributed by atoms with Crippen molar-refractivity contribution in [2.45, 2.75) is 12.3 Å². The van der Waals surface area contributed by atoms with Crippen LogP contribution in [0.1, 0.15) is 17.0 Å². The van der Waals surface area contributed by atoms with Gasteiger partial charge in [-0.25, -0.2) is 0 Å². The van der Waals surface area contributed by atoms with E-state index < -0.39 is 0 Å². The molecule has 0 saturated heterocycles. The molecule has 1 aliphatic carbocycles. The molecule has 1 aromatic rings. The fourth-order valence-corrected chi connectivity index (χ4v) is 2.74. The Hall–Kier alpha value is -0.740. The summed E-state index contributed by atoms with van der Waals surface area (Å²) in [6, 6.07) is 1.94. The van der Waals surface area contributed by atoms with Gasteiger partial charge in [0.15, 0.2) is 0 Å². The number of ether oxygens (including phenoxy) is 2. The first kappa shape index (κ1) is 10.8. The van der Waals surface area contributed by atoms with Crippen LogP contribution in [0.3, 0.4) is 0 Å². The van der Waals surface area contributed by atoms with Crippen LogP contribution in [0.15, 0.2) is 10.5 Å². The van der Waals surface area contributed by atoms with E-state index >= 15 is 0 Å². The van der Waals surface area contributed by atoms with Gasteiger partial charge in [-0.2, -0.15) is 0 Å². The van der Waals surface area contributed by atoms with Crippen LogP contribution in [0, 0.1) is 0 Å². The third-order valence-corrected chi connectivity index (χ3v) is 3.50. The number of nitrogens with two attached hydrogens (primary N) is 1. The summed E-state index contributed by atoms with van der Waals surface area (Å²) in [4.78, 5) is 0. The molecular formula is C11H14BrNO2. The van der Waals surface area contributed by atoms with Crippen molar-refractivity contribution in [3.63, 3.8) is 0 Å². The zero-order valence-corrected chi connectivity index (χ0v) is 10.4. The Kier molecular flexibility index (Phi) is 2.89. The summed E-state index contributed by atoms with van der Waals surface area (Å²) < 4.78 is 11.6. The second kappa shape index (κ2) is 4.02. The standard InChI is InChI=1S/C11H14BrNO2/c1-14-9-4-8(12)11(15-2)7-3-6(5-13)10(7)9/h4,6H,3,5,13H2,1-2H3. The molecule has 0 spiro atoms. The lowest BCUT2D eigenvalue weighted by atomic mass is 9.76. The molecule has 0 saturated carbocycles. The van der Waals surface area contributed by atoms with Gasteiger partial charge in [0.05, 0.1) is 18.7 Å². The van der Waals surface area contributed by atoms with Crippen LogP contribution >= 0.6 is 15.9 Å². The third kappa shape index (κ3) is 1.52. The van der Waals surface area contributed by atoms with Crippen LogP contribution in [0.2, 0.25) is 0 Å². The number of hydrogen-bond donors (Lipinski definition) is 1. The van der Waals surface area contributed by atoms with E-state index in [9.17, 15) is 0 Å². The van der Waals surface area contributed by atoms with Gasteiger partial charge in [0, 0.05) is 17.0 Å². The van der Waals surface area contributed by atoms with Crippen molar-refractivity contribution in [3.8, 4) is 11.5 Å². The SMILES string of the molecule is COc1cc(Br)c(OC)c2c1C(CN)C2. The fourth-order valence-electron chi connectivity index (χ4n) is 2.13. The highest BCUT2D eigenvalue weighted by Gasteiger charge is 2.33. The van der Waals surface area contributed by atoms with Gasteiger partial charge in [-0.1, -0.05) is 0 Å². The summed E-state index contributed by atoms with van der Waals surface area (Å²) in [6.07, 6.45) is 0.977. The molecule has 1 unspecified atom stereocenters. The molecule has 0 bridgehead atoms. The first-order chi connectivity index (χ1) is 7.22. The molecule has 0 heterocycles. The van der Waals surface area contributed by atoms with Crippen molar-refractivity contribution in [3.05, 3.63) is 21.7 Å². The Labute approximate surface area is 97.7 Å². The Morgan fingerprint density at radius 3 is 2.73 bits per heavy atom. The van der Waals surface area contributed by atoms with E-state index in [-0.39, 0.29) is 0 Å². The Balaban J connectivity index is 2.54. The summed E-state index contributed by atoms with van der Waals surface area (Å²) in [5.74, 6) is 2.23. The molecule has 1 aromatic carbocycles.